The van der Waals surface area contributed by atoms with E-state index in [9.17, 15) is 14.0 Å². The lowest BCUT2D eigenvalue weighted by Crippen LogP contribution is -2.28. The minimum atomic E-state index is -0.484. The smallest absolute Gasteiger partial charge is 0.229 e. The van der Waals surface area contributed by atoms with Crippen molar-refractivity contribution in [1.29, 1.82) is 0 Å². The fraction of sp³-hybridized carbons (Fsp3) is 0.176. The quantitative estimate of drug-likeness (QED) is 0.821. The number of hydrogen-bond acceptors (Lipinski definition) is 2. The van der Waals surface area contributed by atoms with Crippen LogP contribution < -0.4 is 10.2 Å². The van der Waals surface area contributed by atoms with Gasteiger partial charge in [0.15, 0.2) is 0 Å². The minimum Gasteiger partial charge on any atom is -0.324 e. The van der Waals surface area contributed by atoms with E-state index in [1.807, 2.05) is 0 Å². The van der Waals surface area contributed by atoms with Gasteiger partial charge in [0.25, 0.3) is 0 Å². The predicted molar refractivity (Wildman–Crippen MR) is 94.6 cm³/mol. The van der Waals surface area contributed by atoms with Crippen LogP contribution in [0.15, 0.2) is 46.9 Å². The van der Waals surface area contributed by atoms with E-state index in [4.69, 9.17) is 11.6 Å². The molecular weight excluding hydrogens is 399 g/mol. The zero-order valence-corrected chi connectivity index (χ0v) is 14.8. The number of nitrogens with one attached hydrogen (secondary N) is 1. The maximum Gasteiger partial charge on any atom is 0.229 e. The summed E-state index contributed by atoms with van der Waals surface area (Å²) in [5.74, 6) is -1.28. The van der Waals surface area contributed by atoms with Gasteiger partial charge in [0.1, 0.15) is 5.82 Å². The van der Waals surface area contributed by atoms with E-state index in [1.165, 1.54) is 29.2 Å². The third-order valence-corrected chi connectivity index (χ3v) is 4.63. The number of anilines is 2. The van der Waals surface area contributed by atoms with Crippen molar-refractivity contribution in [1.82, 2.24) is 0 Å². The SMILES string of the molecule is O=C(Nc1ccc(Br)cc1Cl)[C@H]1CC(=O)N(c2ccc(F)cc2)C1. The van der Waals surface area contributed by atoms with Crippen molar-refractivity contribution < 1.29 is 14.0 Å². The van der Waals surface area contributed by atoms with E-state index >= 15 is 0 Å². The summed E-state index contributed by atoms with van der Waals surface area (Å²) in [6.45, 7) is 0.254. The largest absolute Gasteiger partial charge is 0.324 e. The van der Waals surface area contributed by atoms with Crippen LogP contribution in [0.25, 0.3) is 0 Å². The zero-order chi connectivity index (χ0) is 17.3. The fourth-order valence-electron chi connectivity index (χ4n) is 2.58. The first-order chi connectivity index (χ1) is 11.4. The van der Waals surface area contributed by atoms with Crippen molar-refractivity contribution in [3.05, 3.63) is 57.8 Å². The molecule has 1 aliphatic rings. The van der Waals surface area contributed by atoms with Gasteiger partial charge in [-0.25, -0.2) is 4.39 Å². The van der Waals surface area contributed by atoms with E-state index in [1.54, 1.807) is 18.2 Å². The Morgan fingerprint density at radius 2 is 1.96 bits per heavy atom. The molecule has 0 radical (unpaired) electrons. The first-order valence-corrected chi connectivity index (χ1v) is 8.43. The molecule has 2 aromatic carbocycles. The van der Waals surface area contributed by atoms with Gasteiger partial charge in [0, 0.05) is 23.1 Å². The van der Waals surface area contributed by atoms with Gasteiger partial charge in [0.2, 0.25) is 11.8 Å². The van der Waals surface area contributed by atoms with E-state index in [2.05, 4.69) is 21.2 Å². The molecule has 1 atom stereocenters. The van der Waals surface area contributed by atoms with Gasteiger partial charge < -0.3 is 10.2 Å². The summed E-state index contributed by atoms with van der Waals surface area (Å²) < 4.78 is 13.8. The molecule has 1 fully saturated rings. The zero-order valence-electron chi connectivity index (χ0n) is 12.4. The lowest BCUT2D eigenvalue weighted by Gasteiger charge is -2.17. The Morgan fingerprint density at radius 3 is 2.62 bits per heavy atom. The molecule has 1 saturated heterocycles. The highest BCUT2D eigenvalue weighted by Gasteiger charge is 2.35. The maximum absolute atomic E-state index is 13.0. The number of nitrogens with zero attached hydrogens (tertiary/aromatic N) is 1. The Hall–Kier alpha value is -1.92. The second-order valence-electron chi connectivity index (χ2n) is 5.50. The van der Waals surface area contributed by atoms with Crippen LogP contribution in [0.1, 0.15) is 6.42 Å². The van der Waals surface area contributed by atoms with Gasteiger partial charge in [0.05, 0.1) is 16.6 Å². The average molecular weight is 412 g/mol. The summed E-state index contributed by atoms with van der Waals surface area (Å²) in [6.07, 6.45) is 0.108. The maximum atomic E-state index is 13.0. The normalized spacial score (nSPS) is 17.2. The molecule has 0 aliphatic carbocycles. The molecule has 0 aromatic heterocycles. The van der Waals surface area contributed by atoms with Crippen LogP contribution in [-0.2, 0) is 9.59 Å². The standard InChI is InChI=1S/C17H13BrClFN2O2/c18-11-1-6-15(14(19)8-11)21-17(24)10-7-16(23)22(9-10)13-4-2-12(20)3-5-13/h1-6,8,10H,7,9H2,(H,21,24)/t10-/m0/s1. The molecule has 1 aliphatic heterocycles. The van der Waals surface area contributed by atoms with Gasteiger partial charge in [-0.1, -0.05) is 27.5 Å². The van der Waals surface area contributed by atoms with Crippen molar-refractivity contribution in [3.63, 3.8) is 0 Å². The molecule has 1 N–H and O–H groups in total. The van der Waals surface area contributed by atoms with Crippen molar-refractivity contribution >= 4 is 50.7 Å². The van der Waals surface area contributed by atoms with Crippen molar-refractivity contribution in [2.75, 3.05) is 16.8 Å². The monoisotopic (exact) mass is 410 g/mol. The van der Waals surface area contributed by atoms with Crippen LogP contribution in [0, 0.1) is 11.7 Å². The fourth-order valence-corrected chi connectivity index (χ4v) is 3.30. The molecule has 4 nitrogen and oxygen atoms in total. The lowest BCUT2D eigenvalue weighted by molar-refractivity contribution is -0.122. The molecule has 0 unspecified atom stereocenters. The second kappa shape index (κ2) is 6.91. The summed E-state index contributed by atoms with van der Waals surface area (Å²) in [5.41, 5.74) is 1.08. The predicted octanol–water partition coefficient (Wildman–Crippen LogP) is 4.23. The topological polar surface area (TPSA) is 49.4 Å². The summed E-state index contributed by atoms with van der Waals surface area (Å²) in [4.78, 5) is 26.1. The third kappa shape index (κ3) is 3.60. The molecular formula is C17H13BrClFN2O2. The van der Waals surface area contributed by atoms with E-state index < -0.39 is 5.92 Å². The number of rotatable bonds is 3. The number of halogens is 3. The summed E-state index contributed by atoms with van der Waals surface area (Å²) >= 11 is 9.39. The Balaban J connectivity index is 1.70. The molecule has 124 valence electrons. The third-order valence-electron chi connectivity index (χ3n) is 3.82. The molecule has 0 bridgehead atoms. The molecule has 0 saturated carbocycles. The first-order valence-electron chi connectivity index (χ1n) is 7.26. The highest BCUT2D eigenvalue weighted by molar-refractivity contribution is 9.10. The Bertz CT molecular complexity index is 798. The van der Waals surface area contributed by atoms with Crippen LogP contribution in [0.2, 0.25) is 5.02 Å². The molecule has 1 heterocycles. The average Bonchev–Trinajstić information content (AvgIpc) is 2.93. The number of benzene rings is 2. The number of carbonyl (C=O) groups excluding carboxylic acids is 2. The molecule has 2 aromatic rings. The van der Waals surface area contributed by atoms with Crippen LogP contribution in [0.4, 0.5) is 15.8 Å². The van der Waals surface area contributed by atoms with Gasteiger partial charge in [-0.2, -0.15) is 0 Å². The number of carbonyl (C=O) groups is 2. The molecule has 0 spiro atoms. The van der Waals surface area contributed by atoms with Gasteiger partial charge in [-0.15, -0.1) is 0 Å². The van der Waals surface area contributed by atoms with Crippen molar-refractivity contribution in [2.24, 2.45) is 5.92 Å². The Morgan fingerprint density at radius 1 is 1.25 bits per heavy atom. The highest BCUT2D eigenvalue weighted by atomic mass is 79.9. The van der Waals surface area contributed by atoms with Gasteiger partial charge >= 0.3 is 0 Å². The van der Waals surface area contributed by atoms with Crippen LogP contribution in [0.3, 0.4) is 0 Å². The van der Waals surface area contributed by atoms with Gasteiger partial charge in [-0.05, 0) is 42.5 Å². The van der Waals surface area contributed by atoms with Crippen LogP contribution >= 0.6 is 27.5 Å². The minimum absolute atomic E-state index is 0.108. The van der Waals surface area contributed by atoms with Crippen LogP contribution in [-0.4, -0.2) is 18.4 Å². The van der Waals surface area contributed by atoms with Crippen molar-refractivity contribution in [2.45, 2.75) is 6.42 Å². The Labute approximate surface area is 151 Å². The molecule has 24 heavy (non-hydrogen) atoms. The van der Waals surface area contributed by atoms with Gasteiger partial charge in [-0.3, -0.25) is 9.59 Å². The molecule has 2 amide bonds. The second-order valence-corrected chi connectivity index (χ2v) is 6.82. The van der Waals surface area contributed by atoms with E-state index in [0.29, 0.717) is 16.4 Å². The van der Waals surface area contributed by atoms with E-state index in [0.717, 1.165) is 4.47 Å². The molecule has 3 rings (SSSR count). The Kier molecular flexibility index (Phi) is 4.87. The lowest BCUT2D eigenvalue weighted by atomic mass is 10.1. The number of amides is 2. The molecule has 7 heteroatoms. The summed E-state index contributed by atoms with van der Waals surface area (Å²) in [6, 6.07) is 10.8. The number of hydrogen-bond donors (Lipinski definition) is 1. The van der Waals surface area contributed by atoms with Crippen molar-refractivity contribution in [3.8, 4) is 0 Å². The summed E-state index contributed by atoms with van der Waals surface area (Å²) in [5, 5.41) is 3.16. The summed E-state index contributed by atoms with van der Waals surface area (Å²) in [7, 11) is 0. The van der Waals surface area contributed by atoms with Crippen LogP contribution in [0.5, 0.6) is 0 Å². The van der Waals surface area contributed by atoms with E-state index in [-0.39, 0.29) is 30.6 Å². The highest BCUT2D eigenvalue weighted by Crippen LogP contribution is 2.29. The first kappa shape index (κ1) is 16.9.